The Morgan fingerprint density at radius 1 is 1.17 bits per heavy atom. The monoisotopic (exact) mass is 503 g/mol. The minimum Gasteiger partial charge on any atom is -0.491 e. The summed E-state index contributed by atoms with van der Waals surface area (Å²) < 4.78 is 95.9. The summed E-state index contributed by atoms with van der Waals surface area (Å²) in [5.41, 5.74) is -2.03. The van der Waals surface area contributed by atoms with Gasteiger partial charge in [-0.15, -0.1) is 0 Å². The van der Waals surface area contributed by atoms with Gasteiger partial charge in [0.2, 0.25) is 6.23 Å². The molecule has 1 saturated heterocycles. The minimum atomic E-state index is -4.92. The van der Waals surface area contributed by atoms with E-state index in [1.165, 1.54) is 30.3 Å². The Kier molecular flexibility index (Phi) is 7.64. The van der Waals surface area contributed by atoms with Crippen LogP contribution in [0.1, 0.15) is 18.1 Å². The van der Waals surface area contributed by atoms with E-state index in [1.54, 1.807) is 6.92 Å². The lowest BCUT2D eigenvalue weighted by atomic mass is 10.1. The predicted octanol–water partition coefficient (Wildman–Crippen LogP) is 5.32. The van der Waals surface area contributed by atoms with Crippen molar-refractivity contribution in [3.63, 3.8) is 0 Å². The molecule has 1 N–H and O–H groups in total. The number of alkyl halides is 6. The smallest absolute Gasteiger partial charge is 0.433 e. The third kappa shape index (κ3) is 6.48. The molecule has 1 aliphatic heterocycles. The van der Waals surface area contributed by atoms with E-state index in [4.69, 9.17) is 19.5 Å². The van der Waals surface area contributed by atoms with Gasteiger partial charge in [-0.2, -0.15) is 31.6 Å². The summed E-state index contributed by atoms with van der Waals surface area (Å²) >= 11 is 0. The van der Waals surface area contributed by atoms with Crippen molar-refractivity contribution in [2.75, 3.05) is 30.0 Å². The van der Waals surface area contributed by atoms with Gasteiger partial charge in [0.05, 0.1) is 30.3 Å². The Balaban J connectivity index is 1.72. The summed E-state index contributed by atoms with van der Waals surface area (Å²) in [6.07, 6.45) is -14.1. The highest BCUT2D eigenvalue weighted by atomic mass is 19.4. The predicted molar refractivity (Wildman–Crippen MR) is 111 cm³/mol. The third-order valence-corrected chi connectivity index (χ3v) is 4.86. The summed E-state index contributed by atoms with van der Waals surface area (Å²) in [5, 5.41) is 11.4. The van der Waals surface area contributed by atoms with Gasteiger partial charge in [0.25, 0.3) is 0 Å². The zero-order valence-corrected chi connectivity index (χ0v) is 18.1. The lowest BCUT2D eigenvalue weighted by Crippen LogP contribution is -2.42. The van der Waals surface area contributed by atoms with Crippen LogP contribution in [0.2, 0.25) is 0 Å². The number of benzene rings is 2. The van der Waals surface area contributed by atoms with E-state index in [0.717, 1.165) is 12.1 Å². The lowest BCUT2D eigenvalue weighted by Gasteiger charge is -2.27. The largest absolute Gasteiger partial charge is 0.491 e. The van der Waals surface area contributed by atoms with Gasteiger partial charge in [-0.1, -0.05) is 0 Å². The Morgan fingerprint density at radius 2 is 1.86 bits per heavy atom. The molecule has 0 saturated carbocycles. The van der Waals surface area contributed by atoms with Crippen molar-refractivity contribution in [2.45, 2.75) is 31.6 Å². The maximum atomic E-state index is 13.6. The van der Waals surface area contributed by atoms with E-state index in [-0.39, 0.29) is 19.0 Å². The van der Waals surface area contributed by atoms with E-state index in [0.29, 0.717) is 16.7 Å². The zero-order valence-electron chi connectivity index (χ0n) is 18.1. The number of carbonyl (C=O) groups excluding carboxylic acids is 1. The van der Waals surface area contributed by atoms with E-state index < -0.39 is 54.1 Å². The molecule has 188 valence electrons. The van der Waals surface area contributed by atoms with Crippen molar-refractivity contribution in [1.29, 1.82) is 5.26 Å². The molecule has 1 amide bonds. The first kappa shape index (κ1) is 26.0. The Bertz CT molecular complexity index is 1080. The molecule has 0 aliphatic carbocycles. The average Bonchev–Trinajstić information content (AvgIpc) is 3.23. The fraction of sp³-hybridized carbons (Fsp3) is 0.364. The normalized spacial score (nSPS) is 18.2. The number of halogens is 6. The van der Waals surface area contributed by atoms with Crippen molar-refractivity contribution in [3.8, 4) is 11.8 Å². The van der Waals surface area contributed by atoms with Gasteiger partial charge in [0.15, 0.2) is 0 Å². The van der Waals surface area contributed by atoms with Gasteiger partial charge in [0.1, 0.15) is 18.5 Å². The molecule has 13 heteroatoms. The lowest BCUT2D eigenvalue weighted by molar-refractivity contribution is -0.215. The van der Waals surface area contributed by atoms with E-state index >= 15 is 0 Å². The number of rotatable bonds is 6. The summed E-state index contributed by atoms with van der Waals surface area (Å²) in [5.74, 6) is 0.266. The highest BCUT2D eigenvalue weighted by molar-refractivity contribution is 5.84. The summed E-state index contributed by atoms with van der Waals surface area (Å²) in [7, 11) is 0. The summed E-state index contributed by atoms with van der Waals surface area (Å²) in [4.78, 5) is 12.1. The van der Waals surface area contributed by atoms with E-state index in [9.17, 15) is 31.1 Å². The molecular formula is C22H19F6N3O4. The highest BCUT2D eigenvalue weighted by Gasteiger charge is 2.51. The SMILES string of the molecule is CCOC(=O)Nc1ccc(OCC2CN(c3ccc(C#N)c(C(F)(F)F)c3)C(C(F)(F)F)O2)cc1. The topological polar surface area (TPSA) is 83.8 Å². The van der Waals surface area contributed by atoms with Crippen LogP contribution in [0.25, 0.3) is 0 Å². The quantitative estimate of drug-likeness (QED) is 0.538. The fourth-order valence-electron chi connectivity index (χ4n) is 3.35. The van der Waals surface area contributed by atoms with Crippen LogP contribution in [-0.2, 0) is 15.7 Å². The van der Waals surface area contributed by atoms with Gasteiger partial charge < -0.3 is 19.1 Å². The van der Waals surface area contributed by atoms with Crippen molar-refractivity contribution in [2.24, 2.45) is 0 Å². The number of amides is 1. The Morgan fingerprint density at radius 3 is 2.43 bits per heavy atom. The Hall–Kier alpha value is -3.66. The maximum absolute atomic E-state index is 13.6. The van der Waals surface area contributed by atoms with E-state index in [2.05, 4.69) is 5.32 Å². The van der Waals surface area contributed by atoms with Crippen molar-refractivity contribution in [3.05, 3.63) is 53.6 Å². The molecule has 1 heterocycles. The van der Waals surface area contributed by atoms with Gasteiger partial charge in [-0.3, -0.25) is 5.32 Å². The third-order valence-electron chi connectivity index (χ3n) is 4.86. The molecule has 0 spiro atoms. The van der Waals surface area contributed by atoms with Gasteiger partial charge in [-0.05, 0) is 49.4 Å². The number of nitrogens with one attached hydrogen (secondary N) is 1. The van der Waals surface area contributed by atoms with Crippen molar-refractivity contribution in [1.82, 2.24) is 0 Å². The van der Waals surface area contributed by atoms with Crippen LogP contribution < -0.4 is 15.0 Å². The summed E-state index contributed by atoms with van der Waals surface area (Å²) in [6.45, 7) is 1.10. The first-order valence-corrected chi connectivity index (χ1v) is 10.2. The number of hydrogen-bond donors (Lipinski definition) is 1. The van der Waals surface area contributed by atoms with E-state index in [1.807, 2.05) is 0 Å². The molecule has 2 atom stereocenters. The second-order valence-electron chi connectivity index (χ2n) is 7.32. The molecule has 0 bridgehead atoms. The number of hydrogen-bond acceptors (Lipinski definition) is 6. The van der Waals surface area contributed by atoms with Crippen LogP contribution in [0.4, 0.5) is 42.5 Å². The number of nitriles is 1. The number of anilines is 2. The average molecular weight is 503 g/mol. The van der Waals surface area contributed by atoms with Gasteiger partial charge in [-0.25, -0.2) is 4.79 Å². The molecule has 1 fully saturated rings. The first-order valence-electron chi connectivity index (χ1n) is 10.2. The molecule has 2 aromatic carbocycles. The molecule has 2 aromatic rings. The number of ether oxygens (including phenoxy) is 3. The van der Waals surface area contributed by atoms with Crippen LogP contribution in [0.3, 0.4) is 0 Å². The van der Waals surface area contributed by atoms with Crippen LogP contribution in [0.5, 0.6) is 5.75 Å². The molecule has 1 aliphatic rings. The molecule has 0 aromatic heterocycles. The minimum absolute atomic E-state index is 0.185. The Labute approximate surface area is 195 Å². The van der Waals surface area contributed by atoms with Gasteiger partial charge in [0, 0.05) is 11.4 Å². The van der Waals surface area contributed by atoms with Crippen LogP contribution in [-0.4, -0.2) is 44.4 Å². The molecule has 7 nitrogen and oxygen atoms in total. The number of carbonyl (C=O) groups is 1. The first-order chi connectivity index (χ1) is 16.4. The van der Waals surface area contributed by atoms with Crippen molar-refractivity contribution < 1.29 is 45.3 Å². The maximum Gasteiger partial charge on any atom is 0.433 e. The van der Waals surface area contributed by atoms with Crippen molar-refractivity contribution >= 4 is 17.5 Å². The fourth-order valence-corrected chi connectivity index (χ4v) is 3.35. The van der Waals surface area contributed by atoms with Crippen LogP contribution in [0, 0.1) is 11.3 Å². The molecular weight excluding hydrogens is 484 g/mol. The molecule has 2 unspecified atom stereocenters. The highest BCUT2D eigenvalue weighted by Crippen LogP contribution is 2.39. The van der Waals surface area contributed by atoms with Crippen LogP contribution in [0.15, 0.2) is 42.5 Å². The standard InChI is InChI=1S/C22H19F6N3O4/c1-2-33-20(32)30-14-4-7-16(8-5-14)34-12-17-11-31(19(35-17)22(26,27)28)15-6-3-13(10-29)18(9-15)21(23,24)25/h3-9,17,19H,2,11-12H2,1H3,(H,30,32). The number of nitrogens with zero attached hydrogens (tertiary/aromatic N) is 2. The zero-order chi connectivity index (χ0) is 25.8. The molecule has 0 radical (unpaired) electrons. The van der Waals surface area contributed by atoms with Crippen LogP contribution >= 0.6 is 0 Å². The van der Waals surface area contributed by atoms with Gasteiger partial charge >= 0.3 is 18.4 Å². The second-order valence-corrected chi connectivity index (χ2v) is 7.32. The molecule has 3 rings (SSSR count). The summed E-state index contributed by atoms with van der Waals surface area (Å²) in [6, 6.07) is 9.62. The molecule has 35 heavy (non-hydrogen) atoms. The second kappa shape index (κ2) is 10.3.